The zero-order chi connectivity index (χ0) is 22.4. The van der Waals surface area contributed by atoms with Gasteiger partial charge < -0.3 is 9.88 Å². The zero-order valence-electron chi connectivity index (χ0n) is 19.9. The Labute approximate surface area is 132 Å². The number of nitrogens with zero attached hydrogens (tertiary/aromatic N) is 1. The van der Waals surface area contributed by atoms with E-state index in [1.807, 2.05) is 0 Å². The van der Waals surface area contributed by atoms with Gasteiger partial charge in [-0.2, -0.15) is 0 Å². The number of H-pyrrole nitrogens is 1. The van der Waals surface area contributed by atoms with Crippen LogP contribution in [0.25, 0.3) is 10.9 Å². The predicted molar refractivity (Wildman–Crippen MR) is 82.2 cm³/mol. The van der Waals surface area contributed by atoms with Crippen LogP contribution in [-0.2, 0) is 22.2 Å². The topological polar surface area (TPSA) is 65.2 Å². The van der Waals surface area contributed by atoms with Crippen molar-refractivity contribution in [1.82, 2.24) is 14.6 Å². The molecule has 6 heteroatoms. The van der Waals surface area contributed by atoms with Gasteiger partial charge in [-0.3, -0.25) is 0 Å². The van der Waals surface area contributed by atoms with E-state index in [9.17, 15) is 8.42 Å². The zero-order valence-corrected chi connectivity index (χ0v) is 11.7. The monoisotopic (exact) mass is 304 g/mol. The number of fused-ring (bicyclic) bond motifs is 1. The Bertz CT molecular complexity index is 998. The van der Waals surface area contributed by atoms with Crippen molar-refractivity contribution in [3.63, 3.8) is 0 Å². The van der Waals surface area contributed by atoms with Crippen molar-refractivity contribution < 1.29 is 20.8 Å². The second kappa shape index (κ2) is 5.95. The number of nitrogens with one attached hydrogen (secondary N) is 2. The molecule has 110 valence electrons. The highest BCUT2D eigenvalue weighted by molar-refractivity contribution is 7.88. The van der Waals surface area contributed by atoms with Crippen molar-refractivity contribution in [1.29, 1.82) is 0 Å². The number of hydrogen-bond acceptors (Lipinski definition) is 3. The van der Waals surface area contributed by atoms with Gasteiger partial charge in [0.25, 0.3) is 0 Å². The lowest BCUT2D eigenvalue weighted by atomic mass is 10.1. The smallest absolute Gasteiger partial charge is 0.215 e. The first-order valence-corrected chi connectivity index (χ1v) is 7.52. The van der Waals surface area contributed by atoms with Crippen molar-refractivity contribution in [2.75, 3.05) is 27.5 Å². The Morgan fingerprint density at radius 1 is 1.60 bits per heavy atom. The molecule has 0 bridgehead atoms. The van der Waals surface area contributed by atoms with E-state index < -0.39 is 34.4 Å². The molecule has 0 amide bonds. The third kappa shape index (κ3) is 3.59. The lowest BCUT2D eigenvalue weighted by molar-refractivity contribution is 0.414. The van der Waals surface area contributed by atoms with Crippen LogP contribution in [-0.4, -0.2) is 45.8 Å². The normalized spacial score (nSPS) is 20.4. The lowest BCUT2D eigenvalue weighted by Crippen LogP contribution is -2.20. The summed E-state index contributed by atoms with van der Waals surface area (Å²) in [6.45, 7) is -5.36. The molecule has 0 aliphatic rings. The molecule has 0 aliphatic carbocycles. The molecule has 5 nitrogen and oxygen atoms in total. The standard InChI is InChI=1S/C14H21N3O2S/c1-15-20(18,19)10-11-4-5-14-13(8-11)12(9-16-14)6-7-17(2)3/h4-5,8-9,15-16H,6-7,10H2,1-3H3/i1D3,2D3,9D/hD2. The Kier molecular flexibility index (Phi) is 2.10. The van der Waals surface area contributed by atoms with Crippen molar-refractivity contribution in [2.24, 2.45) is 0 Å². The molecule has 0 unspecified atom stereocenters. The molecule has 2 aromatic rings. The number of hydrogen-bond donors (Lipinski definition) is 2. The molecule has 2 N–H and O–H groups in total. The van der Waals surface area contributed by atoms with Gasteiger partial charge >= 0.3 is 0 Å². The molecular formula is C14H21N3O2S. The summed E-state index contributed by atoms with van der Waals surface area (Å²) in [6.07, 6.45) is -0.00450. The van der Waals surface area contributed by atoms with E-state index >= 15 is 0 Å². The summed E-state index contributed by atoms with van der Waals surface area (Å²) >= 11 is 0. The number of sulfonamides is 1. The summed E-state index contributed by atoms with van der Waals surface area (Å²) < 4.78 is 90.9. The van der Waals surface area contributed by atoms with Crippen molar-refractivity contribution >= 4 is 20.9 Å². The summed E-state index contributed by atoms with van der Waals surface area (Å²) in [7, 11) is -3.04. The average Bonchev–Trinajstić information content (AvgIpc) is 2.80. The molecule has 1 aromatic carbocycles. The number of aromatic nitrogens is 1. The molecule has 0 radical (unpaired) electrons. The second-order valence-corrected chi connectivity index (χ2v) is 6.18. The van der Waals surface area contributed by atoms with Crippen molar-refractivity contribution in [3.8, 4) is 0 Å². The highest BCUT2D eigenvalue weighted by Gasteiger charge is 2.11. The summed E-state index contributed by atoms with van der Waals surface area (Å²) in [5, 5.41) is 0.405. The third-order valence-corrected chi connectivity index (χ3v) is 3.86. The first kappa shape index (κ1) is 7.06. The fourth-order valence-electron chi connectivity index (χ4n) is 1.91. The summed E-state index contributed by atoms with van der Waals surface area (Å²) in [4.78, 5) is 1.99. The van der Waals surface area contributed by atoms with Gasteiger partial charge in [0.05, 0.1) is 7.12 Å². The highest BCUT2D eigenvalue weighted by atomic mass is 32.2. The van der Waals surface area contributed by atoms with Gasteiger partial charge in [-0.25, -0.2) is 13.1 Å². The van der Waals surface area contributed by atoms with Crippen LogP contribution in [0, 0.1) is 0 Å². The molecule has 0 atom stereocenters. The average molecular weight is 304 g/mol. The molecule has 0 fully saturated rings. The van der Waals surface area contributed by atoms with E-state index in [2.05, 4.69) is 0 Å². The molecule has 2 rings (SSSR count). The van der Waals surface area contributed by atoms with E-state index in [-0.39, 0.29) is 24.7 Å². The fraction of sp³-hybridized carbons (Fsp3) is 0.429. The fourth-order valence-corrected chi connectivity index (χ4v) is 2.58. The molecule has 0 aliphatic heterocycles. The first-order chi connectivity index (χ1) is 13.1. The summed E-state index contributed by atoms with van der Waals surface area (Å²) in [5.74, 6) is -0.740. The minimum Gasteiger partial charge on any atom is -0.361 e. The molecule has 0 saturated heterocycles. The molecule has 20 heavy (non-hydrogen) atoms. The maximum atomic E-state index is 12.2. The van der Waals surface area contributed by atoms with E-state index in [0.717, 1.165) is 9.88 Å². The minimum absolute atomic E-state index is 0.0869. The maximum Gasteiger partial charge on any atom is 0.215 e. The maximum absolute atomic E-state index is 12.2. The van der Waals surface area contributed by atoms with E-state index in [0.29, 0.717) is 16.5 Å². The lowest BCUT2D eigenvalue weighted by Gasteiger charge is -2.08. The van der Waals surface area contributed by atoms with Crippen LogP contribution in [0.1, 0.15) is 20.7 Å². The van der Waals surface area contributed by atoms with E-state index in [1.165, 1.54) is 25.2 Å². The SMILES string of the molecule is [2H]c1c(CCN(C)C([2H])([2H])[2H])c2cc(CS(=O)(=O)N([2H])C([2H])([2H])[2H])ccc2n1[2H]. The minimum atomic E-state index is -4.45. The van der Waals surface area contributed by atoms with Crippen LogP contribution < -0.4 is 4.72 Å². The van der Waals surface area contributed by atoms with Crippen molar-refractivity contribution in [2.45, 2.75) is 12.2 Å². The van der Waals surface area contributed by atoms with Crippen LogP contribution in [0.2, 0.25) is 2.82 Å². The van der Waals surface area contributed by atoms with Gasteiger partial charge in [0.2, 0.25) is 10.0 Å². The highest BCUT2D eigenvalue weighted by Crippen LogP contribution is 2.21. The van der Waals surface area contributed by atoms with E-state index in [1.54, 1.807) is 0 Å². The number of aromatic amines is 1. The Hall–Kier alpha value is -1.37. The van der Waals surface area contributed by atoms with Crippen LogP contribution >= 0.6 is 0 Å². The van der Waals surface area contributed by atoms with Gasteiger partial charge in [-0.1, -0.05) is 6.07 Å². The Morgan fingerprint density at radius 3 is 3.20 bits per heavy atom. The van der Waals surface area contributed by atoms with Gasteiger partial charge in [0.1, 0.15) is 1.41 Å². The Morgan fingerprint density at radius 2 is 2.45 bits per heavy atom. The quantitative estimate of drug-likeness (QED) is 0.846. The molecular weight excluding hydrogens is 274 g/mol. The van der Waals surface area contributed by atoms with Crippen molar-refractivity contribution in [3.05, 3.63) is 35.5 Å². The molecule has 0 spiro atoms. The largest absolute Gasteiger partial charge is 0.361 e. The summed E-state index contributed by atoms with van der Waals surface area (Å²) in [6, 6.07) is 4.25. The van der Waals surface area contributed by atoms with Crippen LogP contribution in [0.3, 0.4) is 0 Å². The Balaban J connectivity index is 2.40. The second-order valence-electron chi connectivity index (χ2n) is 4.54. The molecule has 0 saturated carbocycles. The van der Waals surface area contributed by atoms with Crippen LogP contribution in [0.5, 0.6) is 0 Å². The third-order valence-electron chi connectivity index (χ3n) is 2.88. The van der Waals surface area contributed by atoms with Crippen LogP contribution in [0.15, 0.2) is 24.4 Å². The molecule has 1 heterocycles. The van der Waals surface area contributed by atoms with Gasteiger partial charge in [0.15, 0.2) is 1.41 Å². The van der Waals surface area contributed by atoms with Gasteiger partial charge in [0, 0.05) is 31.8 Å². The molecule has 1 aromatic heterocycles. The summed E-state index contributed by atoms with van der Waals surface area (Å²) in [5.41, 5.74) is 0.903. The first-order valence-electron chi connectivity index (χ1n) is 10.3. The number of rotatable bonds is 6. The van der Waals surface area contributed by atoms with Crippen LogP contribution in [0.4, 0.5) is 0 Å². The number of benzene rings is 1. The number of likely N-dealkylation sites (N-methyl/N-ethyl adjacent to an activating group) is 1. The predicted octanol–water partition coefficient (Wildman–Crippen LogP) is 1.32. The van der Waals surface area contributed by atoms with Gasteiger partial charge in [-0.05, 0) is 50.7 Å². The van der Waals surface area contributed by atoms with Gasteiger partial charge in [-0.15, -0.1) is 0 Å². The van der Waals surface area contributed by atoms with E-state index in [4.69, 9.17) is 12.4 Å².